The number of benzene rings is 2. The highest BCUT2D eigenvalue weighted by Crippen LogP contribution is 2.28. The van der Waals surface area contributed by atoms with Crippen molar-refractivity contribution in [1.29, 1.82) is 0 Å². The van der Waals surface area contributed by atoms with Gasteiger partial charge in [-0.15, -0.1) is 0 Å². The minimum Gasteiger partial charge on any atom is -0.443 e. The van der Waals surface area contributed by atoms with Crippen LogP contribution in [0, 0.1) is 0 Å². The molecule has 0 radical (unpaired) electrons. The minimum atomic E-state index is -1.57. The lowest BCUT2D eigenvalue weighted by Gasteiger charge is -2.40. The molecule has 5 aliphatic rings. The van der Waals surface area contributed by atoms with Crippen molar-refractivity contribution in [3.8, 4) is 0 Å². The minimum absolute atomic E-state index is 0. The Hall–Kier alpha value is -0.640. The summed E-state index contributed by atoms with van der Waals surface area (Å²) in [5.41, 5.74) is 13.4. The topological polar surface area (TPSA) is 426 Å². The van der Waals surface area contributed by atoms with Crippen molar-refractivity contribution in [1.82, 2.24) is 5.32 Å². The fraction of sp³-hybridized carbons (Fsp3) is 0.659. The van der Waals surface area contributed by atoms with Gasteiger partial charge in [0.1, 0.15) is 91.7 Å². The van der Waals surface area contributed by atoms with Crippen LogP contribution in [0.3, 0.4) is 0 Å². The third-order valence-corrected chi connectivity index (χ3v) is 10.9. The number of ether oxygens (including phenoxy) is 5. The van der Waals surface area contributed by atoms with Gasteiger partial charge in [-0.3, -0.25) is 15.1 Å². The number of rotatable bonds is 11. The molecule has 7 rings (SSSR count). The second-order valence-corrected chi connectivity index (χ2v) is 15.4. The van der Waals surface area contributed by atoms with Gasteiger partial charge < -0.3 is 107 Å². The Labute approximate surface area is 519 Å². The maximum absolute atomic E-state index is 12.4. The summed E-state index contributed by atoms with van der Waals surface area (Å²) in [6, 6.07) is 13.5. The van der Waals surface area contributed by atoms with Crippen LogP contribution < -0.4 is 31.9 Å². The zero-order valence-corrected chi connectivity index (χ0v) is 49.1. The van der Waals surface area contributed by atoms with E-state index in [0.717, 1.165) is 5.69 Å². The number of amides is 2. The van der Waals surface area contributed by atoms with Gasteiger partial charge in [0.2, 0.25) is 0 Å². The number of aliphatic hydroxyl groups is 13. The zero-order chi connectivity index (χ0) is 47.0. The van der Waals surface area contributed by atoms with Crippen molar-refractivity contribution in [2.24, 2.45) is 5.73 Å². The Morgan fingerprint density at radius 1 is 0.481 bits per heavy atom. The molecule has 77 heavy (non-hydrogen) atoms. The molecule has 5 heterocycles. The highest BCUT2D eigenvalue weighted by Gasteiger charge is 2.46. The number of nitrogen functional groups attached to an aromatic ring is 1. The number of cyclic esters (lactones) is 2. The molecule has 0 saturated carbocycles. The van der Waals surface area contributed by atoms with E-state index in [2.05, 4.69) is 15.4 Å². The first-order valence-electron chi connectivity index (χ1n) is 20.1. The molecule has 6 unspecified atom stereocenters. The second-order valence-electron chi connectivity index (χ2n) is 15.4. The number of anilines is 4. The lowest BCUT2D eigenvalue weighted by molar-refractivity contribution is -0.286. The number of aliphatic hydroxyl groups excluding tert-OH is 13. The molecule has 0 spiro atoms. The Bertz CT molecular complexity index is 1810. The van der Waals surface area contributed by atoms with Gasteiger partial charge in [0, 0.05) is 35.8 Å². The first-order chi connectivity index (χ1) is 30.4. The third-order valence-electron chi connectivity index (χ3n) is 10.9. The molecule has 26 nitrogen and oxygen atoms in total. The van der Waals surface area contributed by atoms with Gasteiger partial charge >= 0.3 is 12.2 Å². The number of nitrogens with one attached hydrogen (secondary N) is 2. The standard InChI is InChI=1S/C22H33N3O12.C10H13N3O2.C6H12O6.3CH4.10H2S/c26-7-12-14(28)16(30)18(32)20(36-12)23-5-11-6-25(22(34)35-11)10-3-1-9(2-4-10)24-21-19(33)17(31)15(29)13(8-27)37-21;11-5-9-6-13(10(14)15-9)8-3-1-7(12)2-4-8;7-1-2-3(8)4(9)5(10)6(11)12-2;;;;;;;;;;;;;/h1-4,11-21,23-24,26-33H,5-8H2;1-4,9H,5-6,11-12H2;2-11H,1H2;3*1H4;10*1H2/t11-,12?,13?,14-,15+,16?,17-,18+,19?,20-,21+;9-;2?,3-,4+,5?,6+;;;;;;;;;;;;;/m011............./s1. The largest absolute Gasteiger partial charge is 0.443 e. The number of nitrogens with two attached hydrogens (primary N) is 2. The van der Waals surface area contributed by atoms with E-state index in [4.69, 9.17) is 55.9 Å². The van der Waals surface area contributed by atoms with Crippen molar-refractivity contribution < 1.29 is 99.7 Å². The second kappa shape index (κ2) is 44.9. The quantitative estimate of drug-likeness (QED) is 0.0953. The van der Waals surface area contributed by atoms with Crippen LogP contribution in [0.1, 0.15) is 22.3 Å². The van der Waals surface area contributed by atoms with E-state index in [-0.39, 0.29) is 183 Å². The molecule has 36 heteroatoms. The van der Waals surface area contributed by atoms with Gasteiger partial charge in [0.05, 0.1) is 32.9 Å². The summed E-state index contributed by atoms with van der Waals surface area (Å²) in [5.74, 6) is 0. The van der Waals surface area contributed by atoms with Crippen LogP contribution in [0.2, 0.25) is 0 Å². The van der Waals surface area contributed by atoms with Crippen LogP contribution in [0.15, 0.2) is 48.5 Å². The van der Waals surface area contributed by atoms with Gasteiger partial charge in [-0.2, -0.15) is 135 Å². The van der Waals surface area contributed by atoms with Crippen LogP contribution in [-0.2, 0) is 23.7 Å². The maximum atomic E-state index is 12.4. The first kappa shape index (κ1) is 95.6. The normalized spacial score (nSPS) is 31.1. The zero-order valence-electron chi connectivity index (χ0n) is 39.1. The van der Waals surface area contributed by atoms with E-state index < -0.39 is 124 Å². The lowest BCUT2D eigenvalue weighted by Crippen LogP contribution is -2.63. The maximum Gasteiger partial charge on any atom is 0.414 e. The number of carbonyl (C=O) groups is 2. The third kappa shape index (κ3) is 24.6. The van der Waals surface area contributed by atoms with Crippen LogP contribution in [0.5, 0.6) is 0 Å². The van der Waals surface area contributed by atoms with Gasteiger partial charge in [-0.1, -0.05) is 22.3 Å². The molecule has 19 N–H and O–H groups in total. The molecule has 2 aromatic rings. The van der Waals surface area contributed by atoms with Crippen LogP contribution in [0.25, 0.3) is 0 Å². The van der Waals surface area contributed by atoms with E-state index in [1.54, 1.807) is 53.4 Å². The Kier molecular flexibility index (Phi) is 55.7. The van der Waals surface area contributed by atoms with Crippen LogP contribution in [-0.4, -0.2) is 229 Å². The number of carbonyl (C=O) groups excluding carboxylic acids is 2. The Balaban J connectivity index is -0.000000140. The summed E-state index contributed by atoms with van der Waals surface area (Å²) in [6.45, 7) is -0.578. The summed E-state index contributed by atoms with van der Waals surface area (Å²) in [6.07, 6.45) is -22.1. The van der Waals surface area contributed by atoms with Crippen molar-refractivity contribution >= 4 is 170 Å². The molecular weight excluding hydrogens is 1220 g/mol. The highest BCUT2D eigenvalue weighted by atomic mass is 32.1. The highest BCUT2D eigenvalue weighted by molar-refractivity contribution is 7.60. The molecule has 5 saturated heterocycles. The molecule has 5 aliphatic heterocycles. The van der Waals surface area contributed by atoms with E-state index in [1.165, 1.54) is 4.90 Å². The van der Waals surface area contributed by atoms with Crippen LogP contribution >= 0.6 is 135 Å². The molecule has 17 atom stereocenters. The number of nitrogens with zero attached hydrogens (tertiary/aromatic N) is 2. The molecule has 0 aliphatic carbocycles. The predicted octanol–water partition coefficient (Wildman–Crippen LogP) is -4.02. The summed E-state index contributed by atoms with van der Waals surface area (Å²) in [5, 5.41) is 129. The lowest BCUT2D eigenvalue weighted by atomic mass is 9.98. The monoisotopic (exact) mass is 1310 g/mol. The number of hydrogen-bond donors (Lipinski definition) is 17. The van der Waals surface area contributed by atoms with Crippen molar-refractivity contribution in [2.45, 2.75) is 126 Å². The molecule has 5 fully saturated rings. The molecule has 0 bridgehead atoms. The summed E-state index contributed by atoms with van der Waals surface area (Å²) < 4.78 is 25.8. The van der Waals surface area contributed by atoms with Crippen molar-refractivity contribution in [3.63, 3.8) is 0 Å². The first-order valence-corrected chi connectivity index (χ1v) is 20.1. The molecule has 2 aromatic carbocycles. The van der Waals surface area contributed by atoms with Crippen molar-refractivity contribution in [2.75, 3.05) is 66.8 Å². The average molecular weight is 1310 g/mol. The summed E-state index contributed by atoms with van der Waals surface area (Å²) in [7, 11) is 0. The predicted molar refractivity (Wildman–Crippen MR) is 341 cm³/mol. The molecule has 0 aromatic heterocycles. The van der Waals surface area contributed by atoms with Gasteiger partial charge in [0.15, 0.2) is 12.5 Å². The Morgan fingerprint density at radius 2 is 0.831 bits per heavy atom. The van der Waals surface area contributed by atoms with E-state index in [9.17, 15) is 50.4 Å². The average Bonchev–Trinajstić information content (AvgIpc) is 3.87. The molecular formula is C41H90N6O20S10. The smallest absolute Gasteiger partial charge is 0.414 e. The van der Waals surface area contributed by atoms with E-state index in [1.807, 2.05) is 0 Å². The van der Waals surface area contributed by atoms with Gasteiger partial charge in [-0.05, 0) is 48.5 Å². The summed E-state index contributed by atoms with van der Waals surface area (Å²) in [4.78, 5) is 26.8. The van der Waals surface area contributed by atoms with Crippen molar-refractivity contribution in [3.05, 3.63) is 48.5 Å². The van der Waals surface area contributed by atoms with E-state index in [0.29, 0.717) is 30.2 Å². The number of hydrogen-bond acceptors (Lipinski definition) is 24. The van der Waals surface area contributed by atoms with Gasteiger partial charge in [-0.25, -0.2) is 9.59 Å². The fourth-order valence-electron chi connectivity index (χ4n) is 7.07. The fourth-order valence-corrected chi connectivity index (χ4v) is 7.07. The SMILES string of the molecule is C.C.C.NC[C@@H]1CN(c2ccc(N)cc2)C(=O)O1.O=C1O[C@@H](CN[C@H]2OC(CO)[C@H](O)C(O)[C@H]2O)CN1c1ccc(N[C@@H]2OC(CO)[C@@H](O)[C@H](O)C2O)cc1.OCC1O[C@H](O)C(O)[C@@H](O)[C@@H]1O.S.S.S.S.S.S.S.S.S.S. The van der Waals surface area contributed by atoms with E-state index >= 15 is 0 Å². The van der Waals surface area contributed by atoms with Gasteiger partial charge in [0.25, 0.3) is 0 Å². The summed E-state index contributed by atoms with van der Waals surface area (Å²) >= 11 is 0. The Morgan fingerprint density at radius 3 is 1.23 bits per heavy atom. The van der Waals surface area contributed by atoms with Crippen LogP contribution in [0.4, 0.5) is 32.3 Å². The molecule has 464 valence electrons. The molecule has 2 amide bonds.